The van der Waals surface area contributed by atoms with Crippen molar-refractivity contribution in [2.75, 3.05) is 0 Å². The van der Waals surface area contributed by atoms with E-state index in [-0.39, 0.29) is 10.5 Å². The van der Waals surface area contributed by atoms with Crippen LogP contribution in [0.1, 0.15) is 76.3 Å². The average Bonchev–Trinajstić information content (AvgIpc) is 3.13. The molecule has 1 aromatic heterocycles. The highest BCUT2D eigenvalue weighted by Gasteiger charge is 2.16. The van der Waals surface area contributed by atoms with E-state index in [0.29, 0.717) is 0 Å². The molecule has 0 amide bonds. The average molecular weight is 380 g/mol. The van der Waals surface area contributed by atoms with Gasteiger partial charge in [0.25, 0.3) is 0 Å². The molecule has 0 fully saturated rings. The topological polar surface area (TPSA) is 0 Å². The molecule has 0 aliphatic carbocycles. The molecule has 2 aromatic carbocycles. The molecule has 0 N–H and O–H groups in total. The third-order valence-corrected chi connectivity index (χ3v) is 7.59. The first-order chi connectivity index (χ1) is 13.3. The molecule has 0 radical (unpaired) electrons. The molecule has 1 heterocycles. The number of hydrogen-bond donors (Lipinski definition) is 0. The minimum absolute atomic E-state index is 0.118. The van der Waals surface area contributed by atoms with Gasteiger partial charge in [-0.25, -0.2) is 0 Å². The van der Waals surface area contributed by atoms with E-state index < -0.39 is 0 Å². The largest absolute Gasteiger partial charge is 0.186 e. The van der Waals surface area contributed by atoms with Crippen molar-refractivity contribution in [3.05, 3.63) is 65.0 Å². The molecule has 0 bridgehead atoms. The highest BCUT2D eigenvalue weighted by molar-refractivity contribution is 7.43. The lowest BCUT2D eigenvalue weighted by molar-refractivity contribution is 0.651. The zero-order valence-electron chi connectivity index (χ0n) is 17.2. The van der Waals surface area contributed by atoms with E-state index in [1.165, 1.54) is 79.2 Å². The second-order valence-corrected chi connectivity index (χ2v) is 9.59. The summed E-state index contributed by atoms with van der Waals surface area (Å²) < 4.78 is 1.49. The van der Waals surface area contributed by atoms with E-state index in [1.54, 1.807) is 11.1 Å². The maximum atomic E-state index is 2.54. The van der Waals surface area contributed by atoms with Crippen LogP contribution < -0.4 is 0 Å². The summed E-state index contributed by atoms with van der Waals surface area (Å²) >= 11 is 0. The summed E-state index contributed by atoms with van der Waals surface area (Å²) in [7, 11) is 0.118. The van der Waals surface area contributed by atoms with Crippen LogP contribution in [0.15, 0.2) is 53.9 Å². The minimum Gasteiger partial charge on any atom is -0.0654 e. The summed E-state index contributed by atoms with van der Waals surface area (Å²) in [5.74, 6) is 0. The molecular weight excluding hydrogens is 344 g/mol. The Morgan fingerprint density at radius 1 is 0.667 bits per heavy atom. The SMILES string of the molecule is CCCCCCc1ccc(-[s+]2ccc3ccccc32)cc1CCCCCC. The highest BCUT2D eigenvalue weighted by Crippen LogP contribution is 2.40. The van der Waals surface area contributed by atoms with Crippen LogP contribution in [0.25, 0.3) is 15.0 Å². The number of hydrogen-bond acceptors (Lipinski definition) is 0. The fraction of sp³-hybridized carbons (Fsp3) is 0.462. The fourth-order valence-corrected chi connectivity index (χ4v) is 5.88. The fourth-order valence-electron chi connectivity index (χ4n) is 3.94. The van der Waals surface area contributed by atoms with Gasteiger partial charge in [0.05, 0.1) is 0 Å². The molecule has 1 unspecified atom stereocenters. The monoisotopic (exact) mass is 379 g/mol. The summed E-state index contributed by atoms with van der Waals surface area (Å²) in [6.07, 6.45) is 13.3. The lowest BCUT2D eigenvalue weighted by atomic mass is 9.97. The first-order valence-electron chi connectivity index (χ1n) is 11.0. The van der Waals surface area contributed by atoms with E-state index >= 15 is 0 Å². The van der Waals surface area contributed by atoms with Crippen LogP contribution in [-0.2, 0) is 12.8 Å². The quantitative estimate of drug-likeness (QED) is 0.230. The van der Waals surface area contributed by atoms with Crippen LogP contribution in [0.2, 0.25) is 0 Å². The molecule has 0 spiro atoms. The van der Waals surface area contributed by atoms with Gasteiger partial charge in [0.15, 0.2) is 9.60 Å². The molecule has 1 atom stereocenters. The maximum absolute atomic E-state index is 2.54. The lowest BCUT2D eigenvalue weighted by Crippen LogP contribution is -1.96. The first-order valence-corrected chi connectivity index (χ1v) is 12.2. The molecule has 3 aromatic rings. The molecular formula is C26H35S+. The summed E-state index contributed by atoms with van der Waals surface area (Å²) in [6.45, 7) is 4.59. The zero-order valence-corrected chi connectivity index (χ0v) is 18.0. The molecule has 0 aliphatic heterocycles. The Balaban J connectivity index is 1.82. The standard InChI is InChI=1S/C26H35S/c1-3-5-7-9-13-22-17-18-25(21-24(22)15-10-8-6-4-2)27-20-19-23-14-11-12-16-26(23)27/h11-12,14,16-21H,3-10,13,15H2,1-2H3/q+1. The van der Waals surface area contributed by atoms with Crippen molar-refractivity contribution in [2.24, 2.45) is 0 Å². The Labute approximate surface area is 168 Å². The minimum atomic E-state index is 0.118. The van der Waals surface area contributed by atoms with Crippen molar-refractivity contribution in [1.82, 2.24) is 0 Å². The van der Waals surface area contributed by atoms with Gasteiger partial charge < -0.3 is 0 Å². The Hall–Kier alpha value is -1.60. The summed E-state index contributed by atoms with van der Waals surface area (Å²) in [5, 5.41) is 3.80. The maximum Gasteiger partial charge on any atom is 0.186 e. The number of rotatable bonds is 11. The highest BCUT2D eigenvalue weighted by atomic mass is 32.2. The Morgan fingerprint density at radius 3 is 2.11 bits per heavy atom. The third kappa shape index (κ3) is 5.45. The normalized spacial score (nSPS) is 12.0. The van der Waals surface area contributed by atoms with Gasteiger partial charge in [-0.15, -0.1) is 0 Å². The van der Waals surface area contributed by atoms with Crippen molar-refractivity contribution in [1.29, 1.82) is 0 Å². The first kappa shape index (κ1) is 20.1. The molecule has 144 valence electrons. The van der Waals surface area contributed by atoms with Gasteiger partial charge in [-0.1, -0.05) is 70.6 Å². The van der Waals surface area contributed by atoms with Crippen molar-refractivity contribution < 1.29 is 0 Å². The lowest BCUT2D eigenvalue weighted by Gasteiger charge is -2.10. The predicted molar refractivity (Wildman–Crippen MR) is 123 cm³/mol. The van der Waals surface area contributed by atoms with Gasteiger partial charge in [-0.2, -0.15) is 0 Å². The molecule has 0 nitrogen and oxygen atoms in total. The summed E-state index contributed by atoms with van der Waals surface area (Å²) in [5.41, 5.74) is 3.22. The molecule has 0 saturated heterocycles. The van der Waals surface area contributed by atoms with Crippen LogP contribution in [-0.4, -0.2) is 0 Å². The Morgan fingerprint density at radius 2 is 1.37 bits per heavy atom. The summed E-state index contributed by atoms with van der Waals surface area (Å²) in [4.78, 5) is 1.50. The summed E-state index contributed by atoms with van der Waals surface area (Å²) in [6, 6.07) is 18.6. The van der Waals surface area contributed by atoms with Gasteiger partial charge in [0.1, 0.15) is 5.38 Å². The van der Waals surface area contributed by atoms with Crippen LogP contribution in [0, 0.1) is 0 Å². The van der Waals surface area contributed by atoms with Crippen molar-refractivity contribution in [3.8, 4) is 4.90 Å². The third-order valence-electron chi connectivity index (χ3n) is 5.57. The van der Waals surface area contributed by atoms with Crippen molar-refractivity contribution >= 4 is 20.6 Å². The van der Waals surface area contributed by atoms with Gasteiger partial charge >= 0.3 is 0 Å². The van der Waals surface area contributed by atoms with Gasteiger partial charge in [-0.05, 0) is 55.0 Å². The van der Waals surface area contributed by atoms with Crippen molar-refractivity contribution in [2.45, 2.75) is 78.1 Å². The zero-order chi connectivity index (χ0) is 18.9. The van der Waals surface area contributed by atoms with E-state index in [9.17, 15) is 0 Å². The second-order valence-electron chi connectivity index (χ2n) is 7.73. The van der Waals surface area contributed by atoms with E-state index in [0.717, 1.165) is 0 Å². The van der Waals surface area contributed by atoms with E-state index in [2.05, 4.69) is 67.8 Å². The second kappa shape index (κ2) is 10.7. The van der Waals surface area contributed by atoms with Gasteiger partial charge in [0.2, 0.25) is 0 Å². The predicted octanol–water partition coefficient (Wildman–Crippen LogP) is 8.82. The van der Waals surface area contributed by atoms with Gasteiger partial charge in [-0.3, -0.25) is 0 Å². The van der Waals surface area contributed by atoms with Crippen LogP contribution in [0.3, 0.4) is 0 Å². The van der Waals surface area contributed by atoms with Crippen LogP contribution in [0.4, 0.5) is 0 Å². The number of thiophene rings is 1. The number of aryl methyl sites for hydroxylation is 2. The van der Waals surface area contributed by atoms with Gasteiger partial charge in [0, 0.05) is 28.0 Å². The molecule has 27 heavy (non-hydrogen) atoms. The molecule has 3 rings (SSSR count). The Bertz CT molecular complexity index is 827. The van der Waals surface area contributed by atoms with Crippen LogP contribution >= 0.6 is 10.5 Å². The van der Waals surface area contributed by atoms with Crippen molar-refractivity contribution in [3.63, 3.8) is 0 Å². The van der Waals surface area contributed by atoms with E-state index in [4.69, 9.17) is 0 Å². The van der Waals surface area contributed by atoms with E-state index in [1.807, 2.05) is 0 Å². The number of fused-ring (bicyclic) bond motifs is 1. The smallest absolute Gasteiger partial charge is 0.0654 e. The Kier molecular flexibility index (Phi) is 7.95. The number of benzene rings is 2. The number of unbranched alkanes of at least 4 members (excludes halogenated alkanes) is 6. The molecule has 1 heteroatoms. The molecule has 0 aliphatic rings. The molecule has 0 saturated carbocycles. The van der Waals surface area contributed by atoms with Crippen LogP contribution in [0.5, 0.6) is 0 Å².